The standard InChI is InChI=1S/C29H34FN3O3/c1-4-5-6-7-8-9-20-35-25-16-10-22(11-17-25)29(34)36-26-18-19-28(27(30)21-26)32-31-23-12-14-24(15-13-23)33(2)3/h10-19,21H,4-9,20H2,1-3H3/b32-31+. The number of nitrogens with zero attached hydrogens (tertiary/aromatic N) is 3. The van der Waals surface area contributed by atoms with Crippen LogP contribution in [-0.2, 0) is 0 Å². The van der Waals surface area contributed by atoms with E-state index in [9.17, 15) is 9.18 Å². The fourth-order valence-corrected chi connectivity index (χ4v) is 3.49. The molecular weight excluding hydrogens is 457 g/mol. The molecule has 0 unspecified atom stereocenters. The van der Waals surface area contributed by atoms with Crippen LogP contribution in [0.3, 0.4) is 0 Å². The van der Waals surface area contributed by atoms with Crippen LogP contribution in [-0.4, -0.2) is 26.7 Å². The predicted octanol–water partition coefficient (Wildman–Crippen LogP) is 8.27. The van der Waals surface area contributed by atoms with Crippen LogP contribution < -0.4 is 14.4 Å². The van der Waals surface area contributed by atoms with Gasteiger partial charge in [-0.3, -0.25) is 0 Å². The Morgan fingerprint density at radius 2 is 1.50 bits per heavy atom. The van der Waals surface area contributed by atoms with Gasteiger partial charge in [0.05, 0.1) is 17.9 Å². The van der Waals surface area contributed by atoms with Gasteiger partial charge in [0.15, 0.2) is 5.82 Å². The van der Waals surface area contributed by atoms with Gasteiger partial charge < -0.3 is 14.4 Å². The minimum absolute atomic E-state index is 0.0540. The topological polar surface area (TPSA) is 63.5 Å². The Morgan fingerprint density at radius 1 is 0.833 bits per heavy atom. The number of halogens is 1. The number of unbranched alkanes of at least 4 members (excludes halogenated alkanes) is 5. The predicted molar refractivity (Wildman–Crippen MR) is 142 cm³/mol. The largest absolute Gasteiger partial charge is 0.494 e. The molecule has 0 aliphatic rings. The monoisotopic (exact) mass is 491 g/mol. The van der Waals surface area contributed by atoms with Gasteiger partial charge in [-0.05, 0) is 67.1 Å². The van der Waals surface area contributed by atoms with Gasteiger partial charge in [-0.25, -0.2) is 9.18 Å². The Bertz CT molecular complexity index is 1130. The third-order valence-corrected chi connectivity index (χ3v) is 5.63. The molecule has 0 saturated heterocycles. The second kappa shape index (κ2) is 14.0. The van der Waals surface area contributed by atoms with Crippen molar-refractivity contribution >= 4 is 23.0 Å². The van der Waals surface area contributed by atoms with Crippen LogP contribution in [0.25, 0.3) is 0 Å². The minimum Gasteiger partial charge on any atom is -0.494 e. The maximum absolute atomic E-state index is 14.5. The van der Waals surface area contributed by atoms with Gasteiger partial charge in [-0.1, -0.05) is 39.0 Å². The molecule has 0 amide bonds. The lowest BCUT2D eigenvalue weighted by atomic mass is 10.1. The number of benzene rings is 3. The molecule has 0 radical (unpaired) electrons. The number of azo groups is 1. The van der Waals surface area contributed by atoms with Crippen LogP contribution in [0.4, 0.5) is 21.5 Å². The van der Waals surface area contributed by atoms with Crippen molar-refractivity contribution < 1.29 is 18.7 Å². The maximum Gasteiger partial charge on any atom is 0.343 e. The zero-order valence-electron chi connectivity index (χ0n) is 21.2. The highest BCUT2D eigenvalue weighted by molar-refractivity contribution is 5.91. The molecule has 36 heavy (non-hydrogen) atoms. The summed E-state index contributed by atoms with van der Waals surface area (Å²) in [7, 11) is 3.89. The summed E-state index contributed by atoms with van der Waals surface area (Å²) in [5.41, 5.74) is 2.04. The normalized spacial score (nSPS) is 11.0. The van der Waals surface area contributed by atoms with Crippen molar-refractivity contribution in [3.8, 4) is 11.5 Å². The molecule has 0 spiro atoms. The third kappa shape index (κ3) is 8.48. The number of ether oxygens (including phenoxy) is 2. The second-order valence-corrected chi connectivity index (χ2v) is 8.75. The molecular formula is C29H34FN3O3. The smallest absolute Gasteiger partial charge is 0.343 e. The Balaban J connectivity index is 1.49. The fraction of sp³-hybridized carbons (Fsp3) is 0.345. The molecule has 0 bridgehead atoms. The highest BCUT2D eigenvalue weighted by Crippen LogP contribution is 2.27. The number of esters is 1. The van der Waals surface area contributed by atoms with E-state index in [-0.39, 0.29) is 11.4 Å². The number of hydrogen-bond acceptors (Lipinski definition) is 6. The van der Waals surface area contributed by atoms with Gasteiger partial charge in [-0.2, -0.15) is 5.11 Å². The first-order valence-electron chi connectivity index (χ1n) is 12.4. The summed E-state index contributed by atoms with van der Waals surface area (Å²) in [6.45, 7) is 2.86. The van der Waals surface area contributed by atoms with Crippen molar-refractivity contribution in [1.29, 1.82) is 0 Å². The summed E-state index contributed by atoms with van der Waals surface area (Å²) in [6.07, 6.45) is 7.20. The maximum atomic E-state index is 14.5. The quantitative estimate of drug-likeness (QED) is 0.104. The first-order valence-corrected chi connectivity index (χ1v) is 12.4. The van der Waals surface area contributed by atoms with Crippen molar-refractivity contribution in [2.45, 2.75) is 45.4 Å². The highest BCUT2D eigenvalue weighted by atomic mass is 19.1. The number of carbonyl (C=O) groups is 1. The summed E-state index contributed by atoms with van der Waals surface area (Å²) >= 11 is 0. The summed E-state index contributed by atoms with van der Waals surface area (Å²) in [5, 5.41) is 8.04. The van der Waals surface area contributed by atoms with E-state index in [1.165, 1.54) is 37.8 Å². The van der Waals surface area contributed by atoms with Crippen LogP contribution in [0.2, 0.25) is 0 Å². The highest BCUT2D eigenvalue weighted by Gasteiger charge is 2.11. The van der Waals surface area contributed by atoms with Crippen molar-refractivity contribution in [2.24, 2.45) is 10.2 Å². The van der Waals surface area contributed by atoms with E-state index in [0.717, 1.165) is 24.6 Å². The number of carbonyl (C=O) groups excluding carboxylic acids is 1. The number of anilines is 1. The molecule has 0 heterocycles. The van der Waals surface area contributed by atoms with Gasteiger partial charge in [0.25, 0.3) is 0 Å². The summed E-state index contributed by atoms with van der Waals surface area (Å²) < 4.78 is 25.6. The molecule has 0 N–H and O–H groups in total. The molecule has 3 rings (SSSR count). The molecule has 0 saturated carbocycles. The molecule has 0 fully saturated rings. The molecule has 0 aromatic heterocycles. The lowest BCUT2D eigenvalue weighted by Crippen LogP contribution is -2.08. The van der Waals surface area contributed by atoms with Crippen LogP contribution in [0.5, 0.6) is 11.5 Å². The van der Waals surface area contributed by atoms with Crippen LogP contribution in [0.1, 0.15) is 55.8 Å². The van der Waals surface area contributed by atoms with E-state index in [1.54, 1.807) is 36.4 Å². The van der Waals surface area contributed by atoms with Gasteiger partial charge in [0.2, 0.25) is 0 Å². The minimum atomic E-state index is -0.632. The van der Waals surface area contributed by atoms with Gasteiger partial charge in [0.1, 0.15) is 17.2 Å². The summed E-state index contributed by atoms with van der Waals surface area (Å²) in [4.78, 5) is 14.4. The SMILES string of the molecule is CCCCCCCCOc1ccc(C(=O)Oc2ccc(/N=N/c3ccc(N(C)C)cc3)c(F)c2)cc1. The molecule has 3 aromatic carbocycles. The fourth-order valence-electron chi connectivity index (χ4n) is 3.49. The molecule has 3 aromatic rings. The van der Waals surface area contributed by atoms with E-state index < -0.39 is 11.8 Å². The van der Waals surface area contributed by atoms with Gasteiger partial charge in [-0.15, -0.1) is 5.11 Å². The van der Waals surface area contributed by atoms with Gasteiger partial charge in [0, 0.05) is 25.8 Å². The molecule has 190 valence electrons. The van der Waals surface area contributed by atoms with Crippen molar-refractivity contribution in [2.75, 3.05) is 25.6 Å². The first kappa shape index (κ1) is 26.9. The Morgan fingerprint density at radius 3 is 2.17 bits per heavy atom. The van der Waals surface area contributed by atoms with Crippen LogP contribution in [0.15, 0.2) is 77.0 Å². The van der Waals surface area contributed by atoms with Crippen LogP contribution >= 0.6 is 0 Å². The molecule has 0 aliphatic carbocycles. The van der Waals surface area contributed by atoms with Crippen molar-refractivity contribution in [1.82, 2.24) is 0 Å². The van der Waals surface area contributed by atoms with Crippen molar-refractivity contribution in [3.63, 3.8) is 0 Å². The third-order valence-electron chi connectivity index (χ3n) is 5.63. The second-order valence-electron chi connectivity index (χ2n) is 8.75. The van der Waals surface area contributed by atoms with E-state index in [1.807, 2.05) is 31.1 Å². The Kier molecular flexibility index (Phi) is 10.4. The summed E-state index contributed by atoms with van der Waals surface area (Å²) in [5.74, 6) is -0.410. The van der Waals surface area contributed by atoms with Crippen LogP contribution in [0, 0.1) is 5.82 Å². The Hall–Kier alpha value is -3.74. The Labute approximate surface area is 212 Å². The average Bonchev–Trinajstić information content (AvgIpc) is 2.88. The van der Waals surface area contributed by atoms with E-state index in [4.69, 9.17) is 9.47 Å². The average molecular weight is 492 g/mol. The van der Waals surface area contributed by atoms with Crippen molar-refractivity contribution in [3.05, 3.63) is 78.1 Å². The molecule has 7 heteroatoms. The van der Waals surface area contributed by atoms with E-state index in [2.05, 4.69) is 17.2 Å². The van der Waals surface area contributed by atoms with E-state index >= 15 is 0 Å². The zero-order chi connectivity index (χ0) is 25.8. The molecule has 0 aliphatic heterocycles. The zero-order valence-corrected chi connectivity index (χ0v) is 21.2. The lowest BCUT2D eigenvalue weighted by Gasteiger charge is -2.11. The lowest BCUT2D eigenvalue weighted by molar-refractivity contribution is 0.0734. The molecule has 6 nitrogen and oxygen atoms in total. The number of hydrogen-bond donors (Lipinski definition) is 0. The van der Waals surface area contributed by atoms with E-state index in [0.29, 0.717) is 23.6 Å². The molecule has 0 atom stereocenters. The summed E-state index contributed by atoms with van der Waals surface area (Å²) in [6, 6.07) is 18.2. The first-order chi connectivity index (χ1) is 17.5. The number of rotatable bonds is 13. The van der Waals surface area contributed by atoms with Gasteiger partial charge >= 0.3 is 5.97 Å².